The number of imide groups is 1. The van der Waals surface area contributed by atoms with Gasteiger partial charge in [0.2, 0.25) is 17.7 Å². The smallest absolute Gasteiger partial charge is 0.410 e. The van der Waals surface area contributed by atoms with E-state index in [1.165, 1.54) is 4.90 Å². The van der Waals surface area contributed by atoms with E-state index in [1.807, 2.05) is 20.8 Å². The van der Waals surface area contributed by atoms with E-state index in [1.54, 1.807) is 23.1 Å². The number of carbonyl (C=O) groups excluding carboxylic acids is 5. The van der Waals surface area contributed by atoms with Crippen molar-refractivity contribution in [2.45, 2.75) is 96.0 Å². The Kier molecular flexibility index (Phi) is 13.1. The van der Waals surface area contributed by atoms with Crippen molar-refractivity contribution < 1.29 is 42.9 Å². The highest BCUT2D eigenvalue weighted by molar-refractivity contribution is 6.05. The molecule has 1 atom stereocenters. The molecule has 2 heterocycles. The van der Waals surface area contributed by atoms with Gasteiger partial charge in [0.15, 0.2) is 0 Å². The van der Waals surface area contributed by atoms with E-state index >= 15 is 0 Å². The second-order valence-corrected chi connectivity index (χ2v) is 13.1. The zero-order valence-electron chi connectivity index (χ0n) is 27.7. The first-order valence-corrected chi connectivity index (χ1v) is 16.5. The summed E-state index contributed by atoms with van der Waals surface area (Å²) in [6.07, 6.45) is 3.78. The molecule has 47 heavy (non-hydrogen) atoms. The van der Waals surface area contributed by atoms with Crippen molar-refractivity contribution in [3.05, 3.63) is 29.3 Å². The number of ether oxygens (including phenoxy) is 4. The van der Waals surface area contributed by atoms with Gasteiger partial charge in [0.25, 0.3) is 5.91 Å². The summed E-state index contributed by atoms with van der Waals surface area (Å²) < 4.78 is 22.4. The minimum absolute atomic E-state index is 0.0978. The number of piperidine rings is 1. The van der Waals surface area contributed by atoms with Crippen molar-refractivity contribution in [1.82, 2.24) is 15.1 Å². The van der Waals surface area contributed by atoms with Crippen LogP contribution in [0.1, 0.15) is 81.6 Å². The number of nitrogens with two attached hydrogens (primary N) is 1. The van der Waals surface area contributed by atoms with Crippen LogP contribution in [0.2, 0.25) is 0 Å². The SMILES string of the molecule is CC(C)(C)OC(=O)N(CCOCCOCCOCCC(=O)Nc1ccc2c(c1)CN(C1CCC(=O)NC1=O)C2=O)[C@H]1CC[C@@H](N)CC1. The summed E-state index contributed by atoms with van der Waals surface area (Å²) in [5.74, 6) is -1.30. The molecule has 0 spiro atoms. The standard InChI is InChI=1S/C33H49N5O9/c1-33(2,3)47-32(43)37(25-7-4-23(34)5-8-25)13-15-45-17-19-46-18-16-44-14-12-29(40)35-24-6-9-26-22(20-24)21-38(31(26)42)27-10-11-28(39)36-30(27)41/h6,9,20,23,25,27H,4-5,7-8,10-19,21,34H2,1-3H3,(H,35,40)(H,36,39,41)/t23-,25+,27?. The molecule has 5 amide bonds. The van der Waals surface area contributed by atoms with Gasteiger partial charge in [-0.25, -0.2) is 4.79 Å². The molecule has 0 radical (unpaired) electrons. The highest BCUT2D eigenvalue weighted by atomic mass is 16.6. The predicted molar refractivity (Wildman–Crippen MR) is 171 cm³/mol. The maximum absolute atomic E-state index is 12.8. The third-order valence-electron chi connectivity index (χ3n) is 8.31. The number of carbonyl (C=O) groups is 5. The van der Waals surface area contributed by atoms with E-state index in [0.717, 1.165) is 25.7 Å². The average molecular weight is 660 g/mol. The number of benzene rings is 1. The van der Waals surface area contributed by atoms with Gasteiger partial charge in [-0.05, 0) is 76.6 Å². The van der Waals surface area contributed by atoms with Gasteiger partial charge in [0.1, 0.15) is 11.6 Å². The molecule has 1 aromatic carbocycles. The molecule has 1 aliphatic carbocycles. The largest absolute Gasteiger partial charge is 0.444 e. The van der Waals surface area contributed by atoms with Crippen molar-refractivity contribution in [3.8, 4) is 0 Å². The van der Waals surface area contributed by atoms with Crippen LogP contribution >= 0.6 is 0 Å². The normalized spacial score (nSPS) is 21.3. The Bertz CT molecular complexity index is 1280. The first-order chi connectivity index (χ1) is 22.4. The topological polar surface area (TPSA) is 179 Å². The van der Waals surface area contributed by atoms with Crippen LogP contribution in [0.15, 0.2) is 18.2 Å². The first-order valence-electron chi connectivity index (χ1n) is 16.5. The number of hydrogen-bond acceptors (Lipinski definition) is 10. The Morgan fingerprint density at radius 2 is 1.62 bits per heavy atom. The molecule has 2 aliphatic heterocycles. The zero-order chi connectivity index (χ0) is 34.0. The van der Waals surface area contributed by atoms with E-state index in [0.29, 0.717) is 62.8 Å². The predicted octanol–water partition coefficient (Wildman–Crippen LogP) is 2.33. The molecule has 4 N–H and O–H groups in total. The summed E-state index contributed by atoms with van der Waals surface area (Å²) in [5, 5.41) is 5.10. The van der Waals surface area contributed by atoms with Crippen molar-refractivity contribution in [2.75, 3.05) is 51.5 Å². The van der Waals surface area contributed by atoms with Crippen molar-refractivity contribution >= 4 is 35.4 Å². The molecule has 1 aromatic rings. The summed E-state index contributed by atoms with van der Waals surface area (Å²) in [6.45, 7) is 8.23. The number of amides is 5. The Morgan fingerprint density at radius 1 is 0.957 bits per heavy atom. The Hall–Kier alpha value is -3.59. The molecule has 260 valence electrons. The number of fused-ring (bicyclic) bond motifs is 1. The van der Waals surface area contributed by atoms with E-state index in [2.05, 4.69) is 10.6 Å². The second kappa shape index (κ2) is 17.0. The number of anilines is 1. The Morgan fingerprint density at radius 3 is 2.28 bits per heavy atom. The molecule has 4 rings (SSSR count). The van der Waals surface area contributed by atoms with Gasteiger partial charge in [-0.15, -0.1) is 0 Å². The number of nitrogens with one attached hydrogen (secondary N) is 2. The first kappa shape index (κ1) is 36.2. The summed E-state index contributed by atoms with van der Waals surface area (Å²) in [7, 11) is 0. The monoisotopic (exact) mass is 659 g/mol. The molecule has 14 nitrogen and oxygen atoms in total. The van der Waals surface area contributed by atoms with Crippen LogP contribution in [0.4, 0.5) is 10.5 Å². The fourth-order valence-electron chi connectivity index (χ4n) is 5.90. The lowest BCUT2D eigenvalue weighted by atomic mass is 9.91. The fourth-order valence-corrected chi connectivity index (χ4v) is 5.90. The van der Waals surface area contributed by atoms with Crippen LogP contribution in [-0.2, 0) is 39.9 Å². The number of nitrogens with zero attached hydrogens (tertiary/aromatic N) is 2. The minimum atomic E-state index is -0.687. The van der Waals surface area contributed by atoms with Gasteiger partial charge >= 0.3 is 6.09 Å². The van der Waals surface area contributed by atoms with Crippen molar-refractivity contribution in [2.24, 2.45) is 5.73 Å². The molecular formula is C33H49N5O9. The summed E-state index contributed by atoms with van der Waals surface area (Å²) in [6, 6.07) is 4.62. The maximum atomic E-state index is 12.8. The number of rotatable bonds is 15. The average Bonchev–Trinajstić information content (AvgIpc) is 3.32. The maximum Gasteiger partial charge on any atom is 0.410 e. The van der Waals surface area contributed by atoms with Gasteiger partial charge in [-0.3, -0.25) is 24.5 Å². The van der Waals surface area contributed by atoms with Crippen LogP contribution in [-0.4, -0.2) is 109 Å². The quantitative estimate of drug-likeness (QED) is 0.187. The lowest BCUT2D eigenvalue weighted by molar-refractivity contribution is -0.137. The van der Waals surface area contributed by atoms with Gasteiger partial charge in [-0.1, -0.05) is 0 Å². The minimum Gasteiger partial charge on any atom is -0.444 e. The molecule has 1 saturated heterocycles. The van der Waals surface area contributed by atoms with Crippen LogP contribution in [0, 0.1) is 0 Å². The molecule has 0 aromatic heterocycles. The number of hydrogen-bond donors (Lipinski definition) is 3. The van der Waals surface area contributed by atoms with E-state index < -0.39 is 17.6 Å². The molecule has 0 bridgehead atoms. The zero-order valence-corrected chi connectivity index (χ0v) is 27.7. The highest BCUT2D eigenvalue weighted by Gasteiger charge is 2.39. The summed E-state index contributed by atoms with van der Waals surface area (Å²) in [4.78, 5) is 65.0. The molecule has 1 saturated carbocycles. The Balaban J connectivity index is 1.05. The molecule has 2 fully saturated rings. The summed E-state index contributed by atoms with van der Waals surface area (Å²) >= 11 is 0. The van der Waals surface area contributed by atoms with E-state index in [9.17, 15) is 24.0 Å². The van der Waals surface area contributed by atoms with Crippen LogP contribution < -0.4 is 16.4 Å². The summed E-state index contributed by atoms with van der Waals surface area (Å²) in [5.41, 5.74) is 7.21. The van der Waals surface area contributed by atoms with Crippen LogP contribution in [0.25, 0.3) is 0 Å². The third kappa shape index (κ3) is 11.0. The lowest BCUT2D eigenvalue weighted by Crippen LogP contribution is -2.52. The molecule has 3 aliphatic rings. The van der Waals surface area contributed by atoms with Gasteiger partial charge < -0.3 is 39.8 Å². The van der Waals surface area contributed by atoms with Crippen molar-refractivity contribution in [1.29, 1.82) is 0 Å². The highest BCUT2D eigenvalue weighted by Crippen LogP contribution is 2.29. The molecule has 14 heteroatoms. The fraction of sp³-hybridized carbons (Fsp3) is 0.667. The van der Waals surface area contributed by atoms with Crippen LogP contribution in [0.3, 0.4) is 0 Å². The van der Waals surface area contributed by atoms with Gasteiger partial charge in [0, 0.05) is 42.8 Å². The van der Waals surface area contributed by atoms with Gasteiger partial charge in [0.05, 0.1) is 46.1 Å². The molecular weight excluding hydrogens is 610 g/mol. The lowest BCUT2D eigenvalue weighted by Gasteiger charge is -2.37. The van der Waals surface area contributed by atoms with Crippen molar-refractivity contribution in [3.63, 3.8) is 0 Å². The van der Waals surface area contributed by atoms with E-state index in [4.69, 9.17) is 24.7 Å². The van der Waals surface area contributed by atoms with Crippen LogP contribution in [0.5, 0.6) is 0 Å². The third-order valence-corrected chi connectivity index (χ3v) is 8.31. The van der Waals surface area contributed by atoms with Gasteiger partial charge in [-0.2, -0.15) is 0 Å². The second-order valence-electron chi connectivity index (χ2n) is 13.1. The molecule has 1 unspecified atom stereocenters. The van der Waals surface area contributed by atoms with E-state index in [-0.39, 0.29) is 61.9 Å². The Labute approximate surface area is 275 Å².